The molecule has 2 aliphatic rings. The Labute approximate surface area is 192 Å². The molecule has 0 bridgehead atoms. The number of carbonyl (C=O) groups is 2. The summed E-state index contributed by atoms with van der Waals surface area (Å²) in [5.74, 6) is 0.654. The predicted molar refractivity (Wildman–Crippen MR) is 130 cm³/mol. The Hall–Kier alpha value is -3.25. The van der Waals surface area contributed by atoms with E-state index >= 15 is 0 Å². The minimum Gasteiger partial charge on any atom is -0.308 e. The van der Waals surface area contributed by atoms with E-state index in [1.807, 2.05) is 72.5 Å². The van der Waals surface area contributed by atoms with Crippen molar-refractivity contribution >= 4 is 35.1 Å². The van der Waals surface area contributed by atoms with Crippen molar-refractivity contribution in [2.24, 2.45) is 0 Å². The number of nitrogens with one attached hydrogen (secondary N) is 1. The third-order valence-corrected chi connectivity index (χ3v) is 7.46. The van der Waals surface area contributed by atoms with Crippen LogP contribution in [0.15, 0.2) is 72.8 Å². The van der Waals surface area contributed by atoms with E-state index < -0.39 is 4.87 Å². The van der Waals surface area contributed by atoms with Gasteiger partial charge in [0.05, 0.1) is 12.2 Å². The maximum absolute atomic E-state index is 14.0. The van der Waals surface area contributed by atoms with Crippen LogP contribution in [0, 0.1) is 13.8 Å². The van der Waals surface area contributed by atoms with E-state index in [2.05, 4.69) is 24.4 Å². The molecule has 0 radical (unpaired) electrons. The van der Waals surface area contributed by atoms with Gasteiger partial charge < -0.3 is 10.2 Å². The fraction of sp³-hybridized carbons (Fsp3) is 0.231. The zero-order valence-electron chi connectivity index (χ0n) is 18.2. The van der Waals surface area contributed by atoms with Crippen LogP contribution in [0.25, 0.3) is 0 Å². The Morgan fingerprint density at radius 3 is 2.53 bits per heavy atom. The summed E-state index contributed by atoms with van der Waals surface area (Å²) >= 11 is 1.54. The number of fused-ring (bicyclic) bond motifs is 2. The largest absolute Gasteiger partial charge is 0.323 e. The first-order valence-electron chi connectivity index (χ1n) is 10.8. The summed E-state index contributed by atoms with van der Waals surface area (Å²) in [7, 11) is 0. The number of para-hydroxylation sites is 1. The molecule has 32 heavy (non-hydrogen) atoms. The summed E-state index contributed by atoms with van der Waals surface area (Å²) in [6.07, 6.45) is 0. The SMILES string of the molecule is Cc1cccc(CN2C(=O)C3(SCCN3C(=O)Nc3cccc(C)c3)c3ccccc32)c1. The number of anilines is 2. The van der Waals surface area contributed by atoms with Gasteiger partial charge in [-0.1, -0.05) is 60.2 Å². The fourth-order valence-corrected chi connectivity index (χ4v) is 6.09. The van der Waals surface area contributed by atoms with E-state index in [1.165, 1.54) is 0 Å². The van der Waals surface area contributed by atoms with Crippen LogP contribution in [0.5, 0.6) is 0 Å². The van der Waals surface area contributed by atoms with E-state index in [-0.39, 0.29) is 11.9 Å². The van der Waals surface area contributed by atoms with E-state index in [4.69, 9.17) is 0 Å². The number of nitrogens with zero attached hydrogens (tertiary/aromatic N) is 2. The van der Waals surface area contributed by atoms with Crippen molar-refractivity contribution in [1.82, 2.24) is 4.90 Å². The fourth-order valence-electron chi connectivity index (χ4n) is 4.63. The van der Waals surface area contributed by atoms with Crippen molar-refractivity contribution in [2.75, 3.05) is 22.5 Å². The van der Waals surface area contributed by atoms with Gasteiger partial charge in [-0.25, -0.2) is 4.79 Å². The number of thioether (sulfide) groups is 1. The summed E-state index contributed by atoms with van der Waals surface area (Å²) in [6, 6.07) is 23.5. The summed E-state index contributed by atoms with van der Waals surface area (Å²) in [4.78, 5) is 29.9. The summed E-state index contributed by atoms with van der Waals surface area (Å²) in [6.45, 7) is 5.03. The molecule has 0 aliphatic carbocycles. The van der Waals surface area contributed by atoms with Gasteiger partial charge in [0.25, 0.3) is 5.91 Å². The first kappa shape index (κ1) is 20.6. The molecule has 1 spiro atoms. The van der Waals surface area contributed by atoms with Gasteiger partial charge >= 0.3 is 6.03 Å². The van der Waals surface area contributed by atoms with Crippen molar-refractivity contribution in [2.45, 2.75) is 25.3 Å². The Kier molecular flexibility index (Phi) is 5.18. The normalized spacial score (nSPS) is 19.5. The third-order valence-electron chi connectivity index (χ3n) is 6.04. The maximum Gasteiger partial charge on any atom is 0.323 e. The van der Waals surface area contributed by atoms with Crippen LogP contribution < -0.4 is 10.2 Å². The number of rotatable bonds is 3. The minimum absolute atomic E-state index is 0.0536. The van der Waals surface area contributed by atoms with Crippen LogP contribution in [-0.4, -0.2) is 29.1 Å². The Morgan fingerprint density at radius 2 is 1.75 bits per heavy atom. The molecule has 1 fully saturated rings. The standard InChI is InChI=1S/C26H25N3O2S/c1-18-7-5-9-20(15-18)17-28-23-12-4-3-11-22(23)26(24(28)30)29(13-14-32-26)25(31)27-21-10-6-8-19(2)16-21/h3-12,15-16H,13-14,17H2,1-2H3,(H,27,31). The van der Waals surface area contributed by atoms with Gasteiger partial charge in [0.2, 0.25) is 0 Å². The predicted octanol–water partition coefficient (Wildman–Crippen LogP) is 5.28. The van der Waals surface area contributed by atoms with Crippen molar-refractivity contribution < 1.29 is 9.59 Å². The van der Waals surface area contributed by atoms with Crippen LogP contribution in [0.3, 0.4) is 0 Å². The van der Waals surface area contributed by atoms with Gasteiger partial charge in [-0.15, -0.1) is 11.8 Å². The lowest BCUT2D eigenvalue weighted by molar-refractivity contribution is -0.123. The Morgan fingerprint density at radius 1 is 1.00 bits per heavy atom. The molecule has 6 heteroatoms. The highest BCUT2D eigenvalue weighted by Crippen LogP contribution is 2.54. The zero-order valence-corrected chi connectivity index (χ0v) is 19.0. The van der Waals surface area contributed by atoms with Crippen LogP contribution in [0.1, 0.15) is 22.3 Å². The molecule has 3 aromatic carbocycles. The molecule has 2 aliphatic heterocycles. The van der Waals surface area contributed by atoms with Gasteiger partial charge in [0.15, 0.2) is 4.87 Å². The highest BCUT2D eigenvalue weighted by molar-refractivity contribution is 8.01. The number of carbonyl (C=O) groups excluding carboxylic acids is 2. The lowest BCUT2D eigenvalue weighted by Gasteiger charge is -2.33. The Bertz CT molecular complexity index is 1210. The highest BCUT2D eigenvalue weighted by Gasteiger charge is 2.59. The lowest BCUT2D eigenvalue weighted by Crippen LogP contribution is -2.51. The lowest BCUT2D eigenvalue weighted by atomic mass is 10.1. The number of hydrogen-bond acceptors (Lipinski definition) is 3. The summed E-state index contributed by atoms with van der Waals surface area (Å²) in [5, 5.41) is 3.00. The molecule has 1 saturated heterocycles. The molecule has 1 atom stereocenters. The van der Waals surface area contributed by atoms with Gasteiger partial charge in [-0.3, -0.25) is 9.69 Å². The molecule has 5 nitrogen and oxygen atoms in total. The topological polar surface area (TPSA) is 52.7 Å². The van der Waals surface area contributed by atoms with E-state index in [0.29, 0.717) is 18.8 Å². The smallest absolute Gasteiger partial charge is 0.308 e. The number of benzene rings is 3. The quantitative estimate of drug-likeness (QED) is 0.599. The van der Waals surface area contributed by atoms with E-state index in [1.54, 1.807) is 16.7 Å². The molecule has 3 aromatic rings. The molecule has 0 aromatic heterocycles. The second-order valence-corrected chi connectivity index (χ2v) is 9.63. The number of amides is 3. The van der Waals surface area contributed by atoms with Gasteiger partial charge in [0.1, 0.15) is 0 Å². The third kappa shape index (κ3) is 3.35. The highest BCUT2D eigenvalue weighted by atomic mass is 32.2. The minimum atomic E-state index is -1.03. The van der Waals surface area contributed by atoms with Crippen LogP contribution in [0.4, 0.5) is 16.2 Å². The van der Waals surface area contributed by atoms with Gasteiger partial charge in [-0.2, -0.15) is 0 Å². The summed E-state index contributed by atoms with van der Waals surface area (Å²) in [5.41, 5.74) is 5.80. The molecular weight excluding hydrogens is 418 g/mol. The molecule has 162 valence electrons. The van der Waals surface area contributed by atoms with Gasteiger partial charge in [0, 0.05) is 23.5 Å². The first-order valence-corrected chi connectivity index (χ1v) is 11.7. The molecule has 2 heterocycles. The number of aryl methyl sites for hydroxylation is 2. The molecule has 0 saturated carbocycles. The van der Waals surface area contributed by atoms with Crippen LogP contribution in [-0.2, 0) is 16.2 Å². The Balaban J connectivity index is 1.51. The van der Waals surface area contributed by atoms with Crippen molar-refractivity contribution in [3.63, 3.8) is 0 Å². The molecule has 1 unspecified atom stereocenters. The van der Waals surface area contributed by atoms with E-state index in [9.17, 15) is 9.59 Å². The monoisotopic (exact) mass is 443 g/mol. The van der Waals surface area contributed by atoms with E-state index in [0.717, 1.165) is 33.6 Å². The van der Waals surface area contributed by atoms with Crippen molar-refractivity contribution in [3.05, 3.63) is 95.1 Å². The number of hydrogen-bond donors (Lipinski definition) is 1. The number of urea groups is 1. The van der Waals surface area contributed by atoms with Gasteiger partial charge in [-0.05, 0) is 43.2 Å². The maximum atomic E-state index is 14.0. The van der Waals surface area contributed by atoms with Crippen molar-refractivity contribution in [3.8, 4) is 0 Å². The second-order valence-electron chi connectivity index (χ2n) is 8.34. The average molecular weight is 444 g/mol. The molecular formula is C26H25N3O2S. The first-order chi connectivity index (χ1) is 15.5. The molecule has 3 amide bonds. The molecule has 5 rings (SSSR count). The average Bonchev–Trinajstić information content (AvgIpc) is 3.31. The van der Waals surface area contributed by atoms with Crippen molar-refractivity contribution in [1.29, 1.82) is 0 Å². The van der Waals surface area contributed by atoms with Crippen LogP contribution >= 0.6 is 11.8 Å². The van der Waals surface area contributed by atoms with Crippen LogP contribution in [0.2, 0.25) is 0 Å². The zero-order chi connectivity index (χ0) is 22.3. The second kappa shape index (κ2) is 8.02. The molecule has 1 N–H and O–H groups in total. The summed E-state index contributed by atoms with van der Waals surface area (Å²) < 4.78 is 0.